The van der Waals surface area contributed by atoms with Crippen LogP contribution in [0.4, 0.5) is 0 Å². The molecule has 1 atom stereocenters. The first-order chi connectivity index (χ1) is 9.58. The average Bonchev–Trinajstić information content (AvgIpc) is 2.78. The number of carbonyl (C=O) groups excluding carboxylic acids is 1. The Morgan fingerprint density at radius 1 is 1.60 bits per heavy atom. The van der Waals surface area contributed by atoms with Crippen LogP contribution in [0.15, 0.2) is 28.9 Å². The number of primary amides is 1. The molecule has 104 valence electrons. The number of carbonyl (C=O) groups is 1. The van der Waals surface area contributed by atoms with Crippen molar-refractivity contribution < 1.29 is 9.53 Å². The van der Waals surface area contributed by atoms with E-state index >= 15 is 0 Å². The van der Waals surface area contributed by atoms with E-state index in [1.807, 2.05) is 22.8 Å². The molecule has 1 aliphatic rings. The Labute approximate surface area is 124 Å². The minimum absolute atomic E-state index is 0.0473. The van der Waals surface area contributed by atoms with Gasteiger partial charge in [-0.1, -0.05) is 22.9 Å². The summed E-state index contributed by atoms with van der Waals surface area (Å²) >= 11 is 3.45. The van der Waals surface area contributed by atoms with Crippen molar-refractivity contribution in [1.82, 2.24) is 9.55 Å². The lowest BCUT2D eigenvalue weighted by Crippen LogP contribution is -2.20. The minimum Gasteiger partial charge on any atom is -0.488 e. The third-order valence-electron chi connectivity index (χ3n) is 3.36. The lowest BCUT2D eigenvalue weighted by atomic mass is 10.2. The van der Waals surface area contributed by atoms with E-state index in [1.54, 1.807) is 6.20 Å². The maximum Gasteiger partial charge on any atom is 0.268 e. The van der Waals surface area contributed by atoms with Gasteiger partial charge in [0.1, 0.15) is 23.4 Å². The van der Waals surface area contributed by atoms with E-state index < -0.39 is 5.91 Å². The summed E-state index contributed by atoms with van der Waals surface area (Å²) in [6, 6.07) is 5.78. The van der Waals surface area contributed by atoms with Crippen molar-refractivity contribution in [2.45, 2.75) is 26.0 Å². The Morgan fingerprint density at radius 2 is 2.40 bits per heavy atom. The second-order valence-electron chi connectivity index (χ2n) is 4.75. The fraction of sp³-hybridized carbons (Fsp3) is 0.286. The summed E-state index contributed by atoms with van der Waals surface area (Å²) in [5.74, 6) is 0.975. The summed E-state index contributed by atoms with van der Waals surface area (Å²) < 4.78 is 8.88. The van der Waals surface area contributed by atoms with Gasteiger partial charge in [0, 0.05) is 10.7 Å². The average molecular weight is 336 g/mol. The van der Waals surface area contributed by atoms with Crippen molar-refractivity contribution in [3.8, 4) is 17.1 Å². The molecule has 0 spiro atoms. The van der Waals surface area contributed by atoms with Crippen molar-refractivity contribution in [2.24, 2.45) is 5.73 Å². The van der Waals surface area contributed by atoms with Gasteiger partial charge in [-0.25, -0.2) is 4.98 Å². The number of nitrogens with two attached hydrogens (primary N) is 1. The van der Waals surface area contributed by atoms with Crippen LogP contribution in [0.1, 0.15) is 23.8 Å². The lowest BCUT2D eigenvalue weighted by Gasteiger charge is -2.15. The SMILES string of the molecule is CCC1Cn2cc(C(N)=O)nc2-c2cc(Br)ccc2O1. The van der Waals surface area contributed by atoms with Crippen molar-refractivity contribution in [3.05, 3.63) is 34.6 Å². The van der Waals surface area contributed by atoms with Crippen LogP contribution < -0.4 is 10.5 Å². The molecule has 0 saturated carbocycles. The summed E-state index contributed by atoms with van der Waals surface area (Å²) in [4.78, 5) is 15.7. The molecule has 2 heterocycles. The fourth-order valence-corrected chi connectivity index (χ4v) is 2.68. The van der Waals surface area contributed by atoms with Gasteiger partial charge in [0.2, 0.25) is 0 Å². The molecule has 3 rings (SSSR count). The van der Waals surface area contributed by atoms with E-state index in [0.717, 1.165) is 22.2 Å². The molecule has 6 heteroatoms. The van der Waals surface area contributed by atoms with Crippen molar-refractivity contribution in [2.75, 3.05) is 0 Å². The van der Waals surface area contributed by atoms with Crippen LogP contribution in [0.2, 0.25) is 0 Å². The zero-order valence-corrected chi connectivity index (χ0v) is 12.6. The first-order valence-electron chi connectivity index (χ1n) is 6.42. The van der Waals surface area contributed by atoms with E-state index in [0.29, 0.717) is 12.4 Å². The zero-order valence-electron chi connectivity index (χ0n) is 11.0. The molecule has 0 saturated heterocycles. The number of nitrogens with zero attached hydrogens (tertiary/aromatic N) is 2. The number of benzene rings is 1. The van der Waals surface area contributed by atoms with Crippen molar-refractivity contribution in [3.63, 3.8) is 0 Å². The molecule has 1 unspecified atom stereocenters. The summed E-state index contributed by atoms with van der Waals surface area (Å²) in [6.07, 6.45) is 2.62. The number of amides is 1. The number of hydrogen-bond acceptors (Lipinski definition) is 3. The van der Waals surface area contributed by atoms with Gasteiger partial charge in [0.25, 0.3) is 5.91 Å². The van der Waals surface area contributed by atoms with Gasteiger partial charge in [-0.15, -0.1) is 0 Å². The molecule has 2 aromatic rings. The summed E-state index contributed by atoms with van der Waals surface area (Å²) in [6.45, 7) is 2.72. The molecule has 0 bridgehead atoms. The van der Waals surface area contributed by atoms with Crippen LogP contribution in [-0.4, -0.2) is 21.6 Å². The number of imidazole rings is 1. The number of halogens is 1. The van der Waals surface area contributed by atoms with Crippen LogP contribution in [0.5, 0.6) is 5.75 Å². The second-order valence-corrected chi connectivity index (χ2v) is 5.67. The number of rotatable bonds is 2. The number of hydrogen-bond donors (Lipinski definition) is 1. The normalized spacial score (nSPS) is 16.8. The second kappa shape index (κ2) is 4.94. The largest absolute Gasteiger partial charge is 0.488 e. The highest BCUT2D eigenvalue weighted by Crippen LogP contribution is 2.35. The van der Waals surface area contributed by atoms with E-state index in [1.165, 1.54) is 0 Å². The van der Waals surface area contributed by atoms with Crippen LogP contribution in [0.25, 0.3) is 11.4 Å². The Bertz CT molecular complexity index is 681. The van der Waals surface area contributed by atoms with Gasteiger partial charge in [-0.3, -0.25) is 4.79 Å². The Morgan fingerprint density at radius 3 is 3.10 bits per heavy atom. The molecule has 2 N–H and O–H groups in total. The van der Waals surface area contributed by atoms with Crippen LogP contribution in [0.3, 0.4) is 0 Å². The highest BCUT2D eigenvalue weighted by Gasteiger charge is 2.24. The van der Waals surface area contributed by atoms with Crippen LogP contribution in [0, 0.1) is 0 Å². The van der Waals surface area contributed by atoms with Gasteiger partial charge in [-0.05, 0) is 24.6 Å². The molecule has 5 nitrogen and oxygen atoms in total. The topological polar surface area (TPSA) is 70.1 Å². The van der Waals surface area contributed by atoms with Gasteiger partial charge >= 0.3 is 0 Å². The first kappa shape index (κ1) is 13.2. The molecule has 1 aromatic heterocycles. The zero-order chi connectivity index (χ0) is 14.3. The van der Waals surface area contributed by atoms with Gasteiger partial charge in [0.15, 0.2) is 0 Å². The van der Waals surface area contributed by atoms with Gasteiger partial charge in [0.05, 0.1) is 12.1 Å². The Hall–Kier alpha value is -1.82. The van der Waals surface area contributed by atoms with E-state index in [2.05, 4.69) is 27.8 Å². The number of fused-ring (bicyclic) bond motifs is 3. The molecule has 1 aromatic carbocycles. The third-order valence-corrected chi connectivity index (χ3v) is 3.85. The maximum absolute atomic E-state index is 11.3. The van der Waals surface area contributed by atoms with E-state index in [9.17, 15) is 4.79 Å². The first-order valence-corrected chi connectivity index (χ1v) is 7.21. The molecule has 0 fully saturated rings. The van der Waals surface area contributed by atoms with Gasteiger partial charge < -0.3 is 15.0 Å². The molecule has 20 heavy (non-hydrogen) atoms. The molecular weight excluding hydrogens is 322 g/mol. The highest BCUT2D eigenvalue weighted by atomic mass is 79.9. The number of aromatic nitrogens is 2. The fourth-order valence-electron chi connectivity index (χ4n) is 2.32. The highest BCUT2D eigenvalue weighted by molar-refractivity contribution is 9.10. The van der Waals surface area contributed by atoms with Crippen molar-refractivity contribution in [1.29, 1.82) is 0 Å². The predicted octanol–water partition coefficient (Wildman–Crippen LogP) is 2.58. The van der Waals surface area contributed by atoms with Gasteiger partial charge in [-0.2, -0.15) is 0 Å². The molecular formula is C14H14BrN3O2. The number of ether oxygens (including phenoxy) is 1. The molecule has 1 aliphatic heterocycles. The predicted molar refractivity (Wildman–Crippen MR) is 78.6 cm³/mol. The molecule has 0 aliphatic carbocycles. The summed E-state index contributed by atoms with van der Waals surface area (Å²) in [5, 5.41) is 0. The smallest absolute Gasteiger partial charge is 0.268 e. The maximum atomic E-state index is 11.3. The van der Waals surface area contributed by atoms with Crippen LogP contribution in [-0.2, 0) is 6.54 Å². The van der Waals surface area contributed by atoms with Crippen LogP contribution >= 0.6 is 15.9 Å². The Balaban J connectivity index is 2.21. The summed E-state index contributed by atoms with van der Waals surface area (Å²) in [5.41, 5.74) is 6.47. The van der Waals surface area contributed by atoms with Crippen molar-refractivity contribution >= 4 is 21.8 Å². The quantitative estimate of drug-likeness (QED) is 0.916. The third kappa shape index (κ3) is 2.20. The lowest BCUT2D eigenvalue weighted by molar-refractivity contribution is 0.0995. The monoisotopic (exact) mass is 335 g/mol. The standard InChI is InChI=1S/C14H14BrN3O2/c1-2-9-6-18-7-11(13(16)19)17-14(18)10-5-8(15)3-4-12(10)20-9/h3-5,7,9H,2,6H2,1H3,(H2,16,19). The molecule has 0 radical (unpaired) electrons. The Kier molecular flexibility index (Phi) is 3.25. The molecule has 1 amide bonds. The van der Waals surface area contributed by atoms with E-state index in [-0.39, 0.29) is 11.8 Å². The summed E-state index contributed by atoms with van der Waals surface area (Å²) in [7, 11) is 0. The minimum atomic E-state index is -0.518. The van der Waals surface area contributed by atoms with E-state index in [4.69, 9.17) is 10.5 Å².